The maximum atomic E-state index is 12.0. The number of hydrogen-bond donors (Lipinski definition) is 3. The van der Waals surface area contributed by atoms with Gasteiger partial charge in [0.2, 0.25) is 5.91 Å². The van der Waals surface area contributed by atoms with Gasteiger partial charge in [0.05, 0.1) is 5.75 Å². The van der Waals surface area contributed by atoms with E-state index in [-0.39, 0.29) is 34.8 Å². The minimum Gasteiger partial charge on any atom is -0.382 e. The molecule has 0 radical (unpaired) electrons. The second kappa shape index (κ2) is 7.60. The van der Waals surface area contributed by atoms with Crippen LogP contribution in [0.4, 0.5) is 10.8 Å². The fourth-order valence-corrected chi connectivity index (χ4v) is 3.78. The van der Waals surface area contributed by atoms with E-state index in [4.69, 9.17) is 5.73 Å². The topological polar surface area (TPSA) is 114 Å². The summed E-state index contributed by atoms with van der Waals surface area (Å²) in [7, 11) is -3.43. The van der Waals surface area contributed by atoms with E-state index in [9.17, 15) is 13.2 Å². The molecule has 1 amide bonds. The van der Waals surface area contributed by atoms with Gasteiger partial charge in [0, 0.05) is 19.0 Å². The molecule has 1 rings (SSSR count). The van der Waals surface area contributed by atoms with Gasteiger partial charge in [0.1, 0.15) is 9.90 Å². The van der Waals surface area contributed by atoms with Crippen LogP contribution in [0.2, 0.25) is 0 Å². The van der Waals surface area contributed by atoms with E-state index in [1.807, 2.05) is 13.8 Å². The second-order valence-corrected chi connectivity index (χ2v) is 7.67. The van der Waals surface area contributed by atoms with E-state index in [1.54, 1.807) is 6.92 Å². The Balaban J connectivity index is 2.64. The molecule has 9 heteroatoms. The standard InChI is InChI=1S/C12H22N4O3S2/c1-4-8(3)15-9(17)6-7-14-12-10(11(13)16-20-12)21(18,19)5-2/h8,14H,4-7H2,1-3H3,(H2,13,16)(H,15,17). The van der Waals surface area contributed by atoms with Crippen LogP contribution < -0.4 is 16.4 Å². The Kier molecular flexibility index (Phi) is 6.41. The van der Waals surface area contributed by atoms with Gasteiger partial charge in [-0.15, -0.1) is 0 Å². The van der Waals surface area contributed by atoms with Gasteiger partial charge in [-0.05, 0) is 24.9 Å². The molecule has 1 heterocycles. The summed E-state index contributed by atoms with van der Waals surface area (Å²) in [5.74, 6) is -0.110. The van der Waals surface area contributed by atoms with Crippen LogP contribution in [-0.4, -0.2) is 37.0 Å². The molecular formula is C12H22N4O3S2. The molecule has 0 fully saturated rings. The van der Waals surface area contributed by atoms with E-state index >= 15 is 0 Å². The van der Waals surface area contributed by atoms with E-state index < -0.39 is 9.84 Å². The third-order valence-corrected chi connectivity index (χ3v) is 5.77. The first-order valence-electron chi connectivity index (χ1n) is 6.82. The Morgan fingerprint density at radius 1 is 1.43 bits per heavy atom. The van der Waals surface area contributed by atoms with E-state index in [0.29, 0.717) is 11.5 Å². The summed E-state index contributed by atoms with van der Waals surface area (Å²) in [5, 5.41) is 6.17. The Bertz CT molecular complexity index is 583. The zero-order valence-corrected chi connectivity index (χ0v) is 14.1. The number of rotatable bonds is 8. The molecular weight excluding hydrogens is 312 g/mol. The number of sulfone groups is 1. The average molecular weight is 334 g/mol. The van der Waals surface area contributed by atoms with Gasteiger partial charge in [-0.1, -0.05) is 13.8 Å². The number of nitrogens with zero attached hydrogens (tertiary/aromatic N) is 1. The molecule has 1 unspecified atom stereocenters. The smallest absolute Gasteiger partial charge is 0.221 e. The first kappa shape index (κ1) is 17.7. The molecule has 1 aromatic rings. The van der Waals surface area contributed by atoms with Crippen LogP contribution >= 0.6 is 11.5 Å². The van der Waals surface area contributed by atoms with Crippen molar-refractivity contribution in [2.75, 3.05) is 23.3 Å². The van der Waals surface area contributed by atoms with Gasteiger partial charge in [0.25, 0.3) is 0 Å². The van der Waals surface area contributed by atoms with Crippen molar-refractivity contribution in [3.63, 3.8) is 0 Å². The predicted octanol–water partition coefficient (Wildman–Crippen LogP) is 1.24. The van der Waals surface area contributed by atoms with Gasteiger partial charge in [-0.3, -0.25) is 4.79 Å². The molecule has 0 saturated carbocycles. The van der Waals surface area contributed by atoms with Crippen molar-refractivity contribution < 1.29 is 13.2 Å². The first-order valence-corrected chi connectivity index (χ1v) is 9.25. The molecule has 0 saturated heterocycles. The van der Waals surface area contributed by atoms with Crippen molar-refractivity contribution >= 4 is 38.1 Å². The monoisotopic (exact) mass is 334 g/mol. The highest BCUT2D eigenvalue weighted by Gasteiger charge is 2.23. The maximum Gasteiger partial charge on any atom is 0.221 e. The lowest BCUT2D eigenvalue weighted by Gasteiger charge is -2.11. The van der Waals surface area contributed by atoms with Gasteiger partial charge >= 0.3 is 0 Å². The van der Waals surface area contributed by atoms with Gasteiger partial charge in [-0.2, -0.15) is 4.37 Å². The predicted molar refractivity (Wildman–Crippen MR) is 85.3 cm³/mol. The fraction of sp³-hybridized carbons (Fsp3) is 0.667. The van der Waals surface area contributed by atoms with Crippen molar-refractivity contribution in [3.05, 3.63) is 0 Å². The number of aromatic nitrogens is 1. The molecule has 21 heavy (non-hydrogen) atoms. The van der Waals surface area contributed by atoms with Crippen LogP contribution in [0, 0.1) is 0 Å². The average Bonchev–Trinajstić information content (AvgIpc) is 2.80. The molecule has 0 aromatic carbocycles. The summed E-state index contributed by atoms with van der Waals surface area (Å²) in [5.41, 5.74) is 5.62. The number of nitrogens with two attached hydrogens (primary N) is 1. The Hall–Kier alpha value is -1.35. The molecule has 4 N–H and O–H groups in total. The van der Waals surface area contributed by atoms with Crippen molar-refractivity contribution in [1.29, 1.82) is 0 Å². The fourth-order valence-electron chi connectivity index (χ4n) is 1.59. The first-order chi connectivity index (χ1) is 9.81. The van der Waals surface area contributed by atoms with Gasteiger partial charge in [-0.25, -0.2) is 8.42 Å². The van der Waals surface area contributed by atoms with E-state index in [1.165, 1.54) is 0 Å². The second-order valence-electron chi connectivity index (χ2n) is 4.68. The quantitative estimate of drug-likeness (QED) is 0.659. The Morgan fingerprint density at radius 2 is 2.10 bits per heavy atom. The number of carbonyl (C=O) groups excluding carboxylic acids is 1. The third kappa shape index (κ3) is 4.85. The Morgan fingerprint density at radius 3 is 2.67 bits per heavy atom. The lowest BCUT2D eigenvalue weighted by Crippen LogP contribution is -2.32. The van der Waals surface area contributed by atoms with Crippen LogP contribution in [0.25, 0.3) is 0 Å². The Labute approximate surface area is 129 Å². The lowest BCUT2D eigenvalue weighted by molar-refractivity contribution is -0.121. The van der Waals surface area contributed by atoms with Crippen molar-refractivity contribution in [2.45, 2.75) is 44.6 Å². The van der Waals surface area contributed by atoms with E-state index in [2.05, 4.69) is 15.0 Å². The van der Waals surface area contributed by atoms with Crippen molar-refractivity contribution in [3.8, 4) is 0 Å². The van der Waals surface area contributed by atoms with Crippen LogP contribution in [0.5, 0.6) is 0 Å². The summed E-state index contributed by atoms with van der Waals surface area (Å²) in [6.45, 7) is 5.80. The van der Waals surface area contributed by atoms with Crippen LogP contribution in [0.3, 0.4) is 0 Å². The molecule has 0 aliphatic heterocycles. The molecule has 0 aliphatic carbocycles. The number of amides is 1. The molecule has 0 spiro atoms. The zero-order valence-electron chi connectivity index (χ0n) is 12.5. The van der Waals surface area contributed by atoms with Crippen LogP contribution in [0.15, 0.2) is 4.90 Å². The van der Waals surface area contributed by atoms with Crippen LogP contribution in [-0.2, 0) is 14.6 Å². The van der Waals surface area contributed by atoms with Gasteiger partial charge in [0.15, 0.2) is 15.7 Å². The summed E-state index contributed by atoms with van der Waals surface area (Å²) >= 11 is 0.991. The summed E-state index contributed by atoms with van der Waals surface area (Å²) in [6, 6.07) is 0.132. The summed E-state index contributed by atoms with van der Waals surface area (Å²) < 4.78 is 27.8. The number of hydrogen-bond acceptors (Lipinski definition) is 7. The number of carbonyl (C=O) groups is 1. The van der Waals surface area contributed by atoms with Crippen molar-refractivity contribution in [1.82, 2.24) is 9.69 Å². The lowest BCUT2D eigenvalue weighted by atomic mass is 10.2. The minimum atomic E-state index is -3.43. The van der Waals surface area contributed by atoms with Crippen LogP contribution in [0.1, 0.15) is 33.6 Å². The normalized spacial score (nSPS) is 12.9. The molecule has 1 atom stereocenters. The molecule has 1 aromatic heterocycles. The van der Waals surface area contributed by atoms with Gasteiger partial charge < -0.3 is 16.4 Å². The highest BCUT2D eigenvalue weighted by Crippen LogP contribution is 2.32. The van der Waals surface area contributed by atoms with E-state index in [0.717, 1.165) is 18.0 Å². The number of anilines is 2. The third-order valence-electron chi connectivity index (χ3n) is 3.02. The summed E-state index contributed by atoms with van der Waals surface area (Å²) in [4.78, 5) is 11.7. The van der Waals surface area contributed by atoms with Crippen molar-refractivity contribution in [2.24, 2.45) is 0 Å². The zero-order chi connectivity index (χ0) is 16.0. The molecule has 0 aliphatic rings. The largest absolute Gasteiger partial charge is 0.382 e. The summed E-state index contributed by atoms with van der Waals surface area (Å²) in [6.07, 6.45) is 1.12. The number of nitrogen functional groups attached to an aromatic ring is 1. The maximum absolute atomic E-state index is 12.0. The minimum absolute atomic E-state index is 0.00778. The highest BCUT2D eigenvalue weighted by molar-refractivity contribution is 7.91. The molecule has 0 bridgehead atoms. The highest BCUT2D eigenvalue weighted by atomic mass is 32.2. The SMILES string of the molecule is CCC(C)NC(=O)CCNc1snc(N)c1S(=O)(=O)CC. The molecule has 120 valence electrons. The molecule has 7 nitrogen and oxygen atoms in total. The number of nitrogens with one attached hydrogen (secondary N) is 2.